The van der Waals surface area contributed by atoms with E-state index in [4.69, 9.17) is 26.2 Å². The first kappa shape index (κ1) is 35.6. The third kappa shape index (κ3) is 7.61. The van der Waals surface area contributed by atoms with Gasteiger partial charge in [0.25, 0.3) is 11.8 Å². The van der Waals surface area contributed by atoms with Crippen molar-refractivity contribution in [3.8, 4) is 11.5 Å². The van der Waals surface area contributed by atoms with Gasteiger partial charge in [-0.05, 0) is 66.9 Å². The number of phenolic OH excluding ortho intramolecular Hbond substituents is 1. The van der Waals surface area contributed by atoms with Crippen molar-refractivity contribution in [1.82, 2.24) is 19.6 Å². The van der Waals surface area contributed by atoms with Crippen molar-refractivity contribution < 1.29 is 34.1 Å². The van der Waals surface area contributed by atoms with E-state index < -0.39 is 6.09 Å². The number of nitrogens with zero attached hydrogens (tertiary/aromatic N) is 4. The van der Waals surface area contributed by atoms with E-state index >= 15 is 0 Å². The Kier molecular flexibility index (Phi) is 11.0. The molecule has 0 saturated carbocycles. The number of alkyl halides is 1. The zero-order valence-corrected chi connectivity index (χ0v) is 29.0. The lowest BCUT2D eigenvalue weighted by atomic mass is 9.92. The number of aliphatic hydroxyl groups is 1. The van der Waals surface area contributed by atoms with Crippen LogP contribution in [0, 0.1) is 6.92 Å². The number of anilines is 2. The van der Waals surface area contributed by atoms with Crippen LogP contribution in [0.3, 0.4) is 0 Å². The van der Waals surface area contributed by atoms with Gasteiger partial charge in [0.15, 0.2) is 0 Å². The van der Waals surface area contributed by atoms with Crippen molar-refractivity contribution >= 4 is 57.3 Å². The van der Waals surface area contributed by atoms with Crippen LogP contribution in [0.5, 0.6) is 11.5 Å². The molecule has 0 saturated heterocycles. The van der Waals surface area contributed by atoms with E-state index in [1.165, 1.54) is 29.2 Å². The zero-order chi connectivity index (χ0) is 36.1. The second-order valence-electron chi connectivity index (χ2n) is 12.2. The molecule has 0 bridgehead atoms. The maximum absolute atomic E-state index is 14.2. The van der Waals surface area contributed by atoms with E-state index in [-0.39, 0.29) is 61.4 Å². The topological polar surface area (TPSA) is 158 Å². The smallest absolute Gasteiger partial charge is 0.415 e. The van der Waals surface area contributed by atoms with Crippen LogP contribution in [0.2, 0.25) is 0 Å². The molecule has 1 atom stereocenters. The molecule has 1 aliphatic heterocycles. The van der Waals surface area contributed by atoms with Gasteiger partial charge in [-0.3, -0.25) is 9.59 Å². The van der Waals surface area contributed by atoms with Crippen LogP contribution in [0.4, 0.5) is 16.2 Å². The van der Waals surface area contributed by atoms with Gasteiger partial charge in [0.05, 0.1) is 31.2 Å². The molecule has 0 unspecified atom stereocenters. The number of rotatable bonds is 13. The number of nitrogens with one attached hydrogen (secondary N) is 2. The van der Waals surface area contributed by atoms with E-state index in [9.17, 15) is 19.5 Å². The van der Waals surface area contributed by atoms with Crippen molar-refractivity contribution in [3.05, 3.63) is 95.4 Å². The molecule has 5 aromatic rings. The molecular weight excluding hydrogens is 676 g/mol. The predicted molar refractivity (Wildman–Crippen MR) is 195 cm³/mol. The molecule has 0 spiro atoms. The molecular formula is C37H39ClN6O7. The number of ether oxygens (including phenoxy) is 2. The molecule has 4 N–H and O–H groups in total. The molecule has 13 nitrogen and oxygen atoms in total. The number of aliphatic hydroxyl groups excluding tert-OH is 1. The number of hydrogen-bond acceptors (Lipinski definition) is 9. The summed E-state index contributed by atoms with van der Waals surface area (Å²) in [5.74, 6) is -0.269. The van der Waals surface area contributed by atoms with Crippen LogP contribution < -0.4 is 20.3 Å². The number of fused-ring (bicyclic) bond motifs is 4. The first-order valence-corrected chi connectivity index (χ1v) is 17.1. The molecule has 3 amide bonds. The summed E-state index contributed by atoms with van der Waals surface area (Å²) in [5.41, 5.74) is 3.99. The number of amides is 3. The highest BCUT2D eigenvalue weighted by Crippen LogP contribution is 2.47. The number of carbonyl (C=O) groups excluding carboxylic acids is 3. The van der Waals surface area contributed by atoms with Crippen molar-refractivity contribution in [2.24, 2.45) is 0 Å². The Bertz CT molecular complexity index is 2070. The number of pyridine rings is 1. The van der Waals surface area contributed by atoms with Gasteiger partial charge in [0, 0.05) is 67.4 Å². The van der Waals surface area contributed by atoms with Gasteiger partial charge in [0.2, 0.25) is 0 Å². The average molecular weight is 715 g/mol. The third-order valence-electron chi connectivity index (χ3n) is 8.77. The van der Waals surface area contributed by atoms with Gasteiger partial charge in [0.1, 0.15) is 22.8 Å². The monoisotopic (exact) mass is 714 g/mol. The Morgan fingerprint density at radius 2 is 1.86 bits per heavy atom. The summed E-state index contributed by atoms with van der Waals surface area (Å²) in [6.07, 6.45) is 2.70. The lowest BCUT2D eigenvalue weighted by Gasteiger charge is -2.23. The molecule has 51 heavy (non-hydrogen) atoms. The summed E-state index contributed by atoms with van der Waals surface area (Å²) in [5, 5.41) is 26.1. The van der Waals surface area contributed by atoms with Gasteiger partial charge in [-0.15, -0.1) is 11.6 Å². The van der Waals surface area contributed by atoms with E-state index in [1.807, 2.05) is 25.1 Å². The van der Waals surface area contributed by atoms with Gasteiger partial charge in [-0.1, -0.05) is 18.2 Å². The fourth-order valence-corrected chi connectivity index (χ4v) is 6.50. The van der Waals surface area contributed by atoms with Crippen molar-refractivity contribution in [2.45, 2.75) is 12.8 Å². The highest BCUT2D eigenvalue weighted by molar-refractivity contribution is 6.19. The van der Waals surface area contributed by atoms with E-state index in [1.54, 1.807) is 46.9 Å². The van der Waals surface area contributed by atoms with Crippen LogP contribution >= 0.6 is 11.6 Å². The van der Waals surface area contributed by atoms with E-state index in [0.29, 0.717) is 48.0 Å². The lowest BCUT2D eigenvalue weighted by Crippen LogP contribution is -2.40. The molecule has 2 aromatic heterocycles. The third-order valence-corrected chi connectivity index (χ3v) is 9.14. The first-order chi connectivity index (χ1) is 24.7. The van der Waals surface area contributed by atoms with Crippen molar-refractivity contribution in [2.75, 3.05) is 69.1 Å². The number of hydrogen-bond donors (Lipinski definition) is 4. The van der Waals surface area contributed by atoms with Crippen molar-refractivity contribution in [1.29, 1.82) is 0 Å². The average Bonchev–Trinajstić information content (AvgIpc) is 3.72. The van der Waals surface area contributed by atoms with E-state index in [0.717, 1.165) is 21.9 Å². The van der Waals surface area contributed by atoms with Crippen molar-refractivity contribution in [3.63, 3.8) is 0 Å². The number of aromatic hydroxyl groups is 1. The predicted octanol–water partition coefficient (Wildman–Crippen LogP) is 4.77. The molecule has 0 radical (unpaired) electrons. The van der Waals surface area contributed by atoms with Crippen LogP contribution in [-0.2, 0) is 4.74 Å². The Hall–Kier alpha value is -5.21. The Balaban J connectivity index is 1.31. The zero-order valence-electron chi connectivity index (χ0n) is 28.3. The second kappa shape index (κ2) is 15.8. The van der Waals surface area contributed by atoms with Gasteiger partial charge in [-0.2, -0.15) is 0 Å². The molecule has 3 heterocycles. The standard InChI is InChI=1S/C37H39ClN6O7/c1-23-4-3-5-28-31(51-37(49)42(13-12-39-2)14-16-50-17-15-45)18-30-34(33(23)28)25(19-38)20-44(30)36(48)29-22-43-21-26(8-11-32(43)41-29)40-35(47)24-6-9-27(46)10-7-24/h3-11,18,21-22,25,39,45-46H,12-17,19-20H2,1-2H3,(H,40,47)/t25-/m1/s1. The summed E-state index contributed by atoms with van der Waals surface area (Å²) >= 11 is 6.53. The number of aryl methyl sites for hydroxylation is 1. The number of benzene rings is 3. The van der Waals surface area contributed by atoms with Crippen LogP contribution in [0.25, 0.3) is 16.4 Å². The highest BCUT2D eigenvalue weighted by Gasteiger charge is 2.37. The molecule has 6 rings (SSSR count). The number of imidazole rings is 1. The van der Waals surface area contributed by atoms with E-state index in [2.05, 4.69) is 15.6 Å². The van der Waals surface area contributed by atoms with Crippen LogP contribution in [0.15, 0.2) is 73.1 Å². The fraction of sp³-hybridized carbons (Fsp3) is 0.297. The minimum Gasteiger partial charge on any atom is -0.508 e. The number of likely N-dealkylation sites (N-methyl/N-ethyl adjacent to an activating group) is 1. The summed E-state index contributed by atoms with van der Waals surface area (Å²) in [4.78, 5) is 48.3. The maximum atomic E-state index is 14.2. The summed E-state index contributed by atoms with van der Waals surface area (Å²) in [7, 11) is 1.79. The first-order valence-electron chi connectivity index (χ1n) is 16.6. The maximum Gasteiger partial charge on any atom is 0.415 e. The molecule has 0 fully saturated rings. The van der Waals surface area contributed by atoms with Crippen LogP contribution in [0.1, 0.15) is 37.9 Å². The van der Waals surface area contributed by atoms with Gasteiger partial charge >= 0.3 is 6.09 Å². The fourth-order valence-electron chi connectivity index (χ4n) is 6.25. The van der Waals surface area contributed by atoms with Crippen LogP contribution in [-0.4, -0.2) is 101 Å². The lowest BCUT2D eigenvalue weighted by molar-refractivity contribution is 0.0731. The Morgan fingerprint density at radius 3 is 2.61 bits per heavy atom. The molecule has 266 valence electrons. The minimum absolute atomic E-state index is 0.0609. The highest BCUT2D eigenvalue weighted by atomic mass is 35.5. The molecule has 1 aliphatic rings. The molecule has 3 aromatic carbocycles. The molecule has 14 heteroatoms. The minimum atomic E-state index is -0.570. The number of carbonyl (C=O) groups is 3. The number of aromatic nitrogens is 2. The molecule has 0 aliphatic carbocycles. The number of halogens is 1. The summed E-state index contributed by atoms with van der Waals surface area (Å²) in [6.45, 7) is 3.72. The SMILES string of the molecule is CNCCN(CCOCCO)C(=O)Oc1cc2c(c3c(C)cccc13)[C@H](CCl)CN2C(=O)c1cn2cc(NC(=O)c3ccc(O)cc3)ccc2n1. The number of phenols is 1. The normalized spacial score (nSPS) is 13.8. The quantitative estimate of drug-likeness (QED) is 0.0997. The summed E-state index contributed by atoms with van der Waals surface area (Å²) in [6, 6.07) is 16.8. The Labute approximate surface area is 299 Å². The Morgan fingerprint density at radius 1 is 1.06 bits per heavy atom. The second-order valence-corrected chi connectivity index (χ2v) is 12.5. The largest absolute Gasteiger partial charge is 0.508 e. The summed E-state index contributed by atoms with van der Waals surface area (Å²) < 4.78 is 13.1. The van der Waals surface area contributed by atoms with Gasteiger partial charge < -0.3 is 44.5 Å². The van der Waals surface area contributed by atoms with Gasteiger partial charge in [-0.25, -0.2) is 9.78 Å².